The van der Waals surface area contributed by atoms with Crippen LogP contribution in [0.1, 0.15) is 26.7 Å². The minimum absolute atomic E-state index is 0.00347. The maximum atomic E-state index is 6.43. The topological polar surface area (TPSA) is 0 Å². The molecule has 2 aliphatic rings. The van der Waals surface area contributed by atoms with Gasteiger partial charge in [0.2, 0.25) is 0 Å². The summed E-state index contributed by atoms with van der Waals surface area (Å²) in [6.45, 7) is 4.41. The normalized spacial score (nSPS) is 46.6. The number of halogens is 1. The minimum atomic E-state index is -0.00347. The van der Waals surface area contributed by atoms with Crippen LogP contribution in [-0.2, 0) is 0 Å². The molecule has 0 N–H and O–H groups in total. The van der Waals surface area contributed by atoms with Crippen LogP contribution >= 0.6 is 11.6 Å². The minimum Gasteiger partial charge on any atom is -0.113 e. The van der Waals surface area contributed by atoms with Crippen LogP contribution in [0.4, 0.5) is 0 Å². The van der Waals surface area contributed by atoms with E-state index in [4.69, 9.17) is 11.6 Å². The molecule has 2 rings (SSSR count). The molecule has 1 saturated carbocycles. The SMILES string of the molecule is CCC1=CC=CC2(C)CC12Cl. The van der Waals surface area contributed by atoms with E-state index >= 15 is 0 Å². The molecule has 0 bridgehead atoms. The predicted molar refractivity (Wildman–Crippen MR) is 48.8 cm³/mol. The molecule has 0 heterocycles. The molecule has 0 aromatic rings. The van der Waals surface area contributed by atoms with Crippen molar-refractivity contribution in [1.82, 2.24) is 0 Å². The Bertz CT molecular complexity index is 252. The molecule has 11 heavy (non-hydrogen) atoms. The highest BCUT2D eigenvalue weighted by atomic mass is 35.5. The van der Waals surface area contributed by atoms with Crippen molar-refractivity contribution in [3.05, 3.63) is 23.8 Å². The van der Waals surface area contributed by atoms with E-state index < -0.39 is 0 Å². The van der Waals surface area contributed by atoms with E-state index in [1.807, 2.05) is 0 Å². The van der Waals surface area contributed by atoms with Crippen LogP contribution in [0.25, 0.3) is 0 Å². The lowest BCUT2D eigenvalue weighted by Gasteiger charge is -2.19. The van der Waals surface area contributed by atoms with Gasteiger partial charge < -0.3 is 0 Å². The first-order valence-corrected chi connectivity index (χ1v) is 4.58. The van der Waals surface area contributed by atoms with Crippen LogP contribution in [0.5, 0.6) is 0 Å². The van der Waals surface area contributed by atoms with Crippen molar-refractivity contribution in [2.24, 2.45) is 5.41 Å². The van der Waals surface area contributed by atoms with Gasteiger partial charge in [0.1, 0.15) is 0 Å². The van der Waals surface area contributed by atoms with Gasteiger partial charge in [0.05, 0.1) is 4.87 Å². The Balaban J connectivity index is 2.37. The van der Waals surface area contributed by atoms with Gasteiger partial charge in [-0.05, 0) is 18.4 Å². The Kier molecular flexibility index (Phi) is 1.30. The van der Waals surface area contributed by atoms with Gasteiger partial charge in [-0.2, -0.15) is 0 Å². The third-order valence-corrected chi connectivity index (χ3v) is 3.85. The zero-order valence-corrected chi connectivity index (χ0v) is 7.78. The van der Waals surface area contributed by atoms with Gasteiger partial charge in [0.25, 0.3) is 0 Å². The highest BCUT2D eigenvalue weighted by Crippen LogP contribution is 2.67. The lowest BCUT2D eigenvalue weighted by atomic mass is 9.94. The van der Waals surface area contributed by atoms with E-state index in [9.17, 15) is 0 Å². The van der Waals surface area contributed by atoms with Crippen molar-refractivity contribution < 1.29 is 0 Å². The number of allylic oxidation sites excluding steroid dienone is 4. The molecular formula is C10H13Cl. The van der Waals surface area contributed by atoms with Crippen molar-refractivity contribution >= 4 is 11.6 Å². The molecule has 60 valence electrons. The summed E-state index contributed by atoms with van der Waals surface area (Å²) in [5, 5.41) is 0. The van der Waals surface area contributed by atoms with Crippen LogP contribution in [-0.4, -0.2) is 4.87 Å². The monoisotopic (exact) mass is 168 g/mol. The molecule has 0 aromatic carbocycles. The summed E-state index contributed by atoms with van der Waals surface area (Å²) in [7, 11) is 0. The maximum Gasteiger partial charge on any atom is 0.0755 e. The second kappa shape index (κ2) is 1.92. The fourth-order valence-electron chi connectivity index (χ4n) is 2.04. The van der Waals surface area contributed by atoms with Crippen LogP contribution in [0, 0.1) is 5.41 Å². The Hall–Kier alpha value is -0.230. The van der Waals surface area contributed by atoms with Crippen LogP contribution in [0.3, 0.4) is 0 Å². The van der Waals surface area contributed by atoms with Crippen LogP contribution < -0.4 is 0 Å². The van der Waals surface area contributed by atoms with E-state index in [2.05, 4.69) is 32.1 Å². The second-order valence-electron chi connectivity index (χ2n) is 3.80. The molecule has 0 radical (unpaired) electrons. The highest BCUT2D eigenvalue weighted by molar-refractivity contribution is 6.29. The van der Waals surface area contributed by atoms with E-state index in [1.165, 1.54) is 5.57 Å². The summed E-state index contributed by atoms with van der Waals surface area (Å²) in [5.74, 6) is 0. The molecule has 0 aliphatic heterocycles. The molecule has 2 atom stereocenters. The fraction of sp³-hybridized carbons (Fsp3) is 0.600. The molecule has 1 heteroatoms. The number of rotatable bonds is 1. The van der Waals surface area contributed by atoms with E-state index in [-0.39, 0.29) is 10.3 Å². The van der Waals surface area contributed by atoms with Gasteiger partial charge in [0.15, 0.2) is 0 Å². The van der Waals surface area contributed by atoms with Gasteiger partial charge in [-0.1, -0.05) is 32.1 Å². The summed E-state index contributed by atoms with van der Waals surface area (Å²) in [4.78, 5) is -0.00347. The van der Waals surface area contributed by atoms with Crippen molar-refractivity contribution in [2.75, 3.05) is 0 Å². The predicted octanol–water partition coefficient (Wildman–Crippen LogP) is 3.28. The molecule has 0 saturated heterocycles. The zero-order chi connectivity index (χ0) is 8.11. The summed E-state index contributed by atoms with van der Waals surface area (Å²) >= 11 is 6.43. The quantitative estimate of drug-likeness (QED) is 0.528. The molecule has 0 spiro atoms. The number of alkyl halides is 1. The number of fused-ring (bicyclic) bond motifs is 1. The van der Waals surface area contributed by atoms with Crippen LogP contribution in [0.2, 0.25) is 0 Å². The van der Waals surface area contributed by atoms with Gasteiger partial charge in [-0.25, -0.2) is 0 Å². The van der Waals surface area contributed by atoms with Gasteiger partial charge in [-0.15, -0.1) is 11.6 Å². The summed E-state index contributed by atoms with van der Waals surface area (Å²) in [5.41, 5.74) is 1.68. The van der Waals surface area contributed by atoms with Crippen molar-refractivity contribution in [3.63, 3.8) is 0 Å². The van der Waals surface area contributed by atoms with Gasteiger partial charge in [-0.3, -0.25) is 0 Å². The van der Waals surface area contributed by atoms with Crippen molar-refractivity contribution in [2.45, 2.75) is 31.6 Å². The summed E-state index contributed by atoms with van der Waals surface area (Å²) < 4.78 is 0. The summed E-state index contributed by atoms with van der Waals surface area (Å²) in [6, 6.07) is 0. The maximum absolute atomic E-state index is 6.43. The lowest BCUT2D eigenvalue weighted by molar-refractivity contribution is 0.677. The molecule has 0 nitrogen and oxygen atoms in total. The smallest absolute Gasteiger partial charge is 0.0755 e. The lowest BCUT2D eigenvalue weighted by Crippen LogP contribution is -2.14. The molecular weight excluding hydrogens is 156 g/mol. The largest absolute Gasteiger partial charge is 0.113 e. The number of hydrogen-bond acceptors (Lipinski definition) is 0. The highest BCUT2D eigenvalue weighted by Gasteiger charge is 2.64. The number of hydrogen-bond donors (Lipinski definition) is 0. The third-order valence-electron chi connectivity index (χ3n) is 3.04. The zero-order valence-electron chi connectivity index (χ0n) is 7.02. The van der Waals surface area contributed by atoms with E-state index in [1.54, 1.807) is 0 Å². The molecule has 2 aliphatic carbocycles. The second-order valence-corrected chi connectivity index (χ2v) is 4.45. The third kappa shape index (κ3) is 0.765. The van der Waals surface area contributed by atoms with Crippen molar-refractivity contribution in [3.8, 4) is 0 Å². The fourth-order valence-corrected chi connectivity index (χ4v) is 2.58. The Labute approximate surface area is 72.9 Å². The molecule has 2 unspecified atom stereocenters. The summed E-state index contributed by atoms with van der Waals surface area (Å²) in [6.07, 6.45) is 8.76. The first kappa shape index (κ1) is 7.42. The molecule has 0 amide bonds. The molecule has 0 aromatic heterocycles. The van der Waals surface area contributed by atoms with E-state index in [0.29, 0.717) is 0 Å². The standard InChI is InChI=1S/C10H13Cl/c1-3-8-5-4-6-9(2)7-10(8,9)11/h4-6H,3,7H2,1-2H3. The first-order valence-electron chi connectivity index (χ1n) is 4.20. The Morgan fingerprint density at radius 2 is 2.36 bits per heavy atom. The average molecular weight is 169 g/mol. The van der Waals surface area contributed by atoms with Gasteiger partial charge >= 0.3 is 0 Å². The average Bonchev–Trinajstić information content (AvgIpc) is 2.52. The van der Waals surface area contributed by atoms with Crippen molar-refractivity contribution in [1.29, 1.82) is 0 Å². The Morgan fingerprint density at radius 3 is 2.91 bits per heavy atom. The van der Waals surface area contributed by atoms with E-state index in [0.717, 1.165) is 12.8 Å². The Morgan fingerprint density at radius 1 is 1.64 bits per heavy atom. The first-order chi connectivity index (χ1) is 5.12. The molecule has 1 fully saturated rings. The van der Waals surface area contributed by atoms with Crippen LogP contribution in [0.15, 0.2) is 23.8 Å². The van der Waals surface area contributed by atoms with Gasteiger partial charge in [0, 0.05) is 5.41 Å².